The molecule has 21 heavy (non-hydrogen) atoms. The summed E-state index contributed by atoms with van der Waals surface area (Å²) in [5.74, 6) is 0.193. The van der Waals surface area contributed by atoms with E-state index in [0.29, 0.717) is 23.5 Å². The molecule has 0 atom stereocenters. The van der Waals surface area contributed by atoms with Crippen LogP contribution >= 0.6 is 0 Å². The van der Waals surface area contributed by atoms with Gasteiger partial charge in [-0.3, -0.25) is 9.59 Å². The molecule has 0 aromatic heterocycles. The molecule has 2 amide bonds. The average Bonchev–Trinajstić information content (AvgIpc) is 2.49. The van der Waals surface area contributed by atoms with Crippen LogP contribution in [0, 0.1) is 0 Å². The number of rotatable bonds is 7. The number of aliphatic hydroxyl groups excluding tert-OH is 1. The van der Waals surface area contributed by atoms with Crippen LogP contribution in [-0.2, 0) is 4.79 Å². The van der Waals surface area contributed by atoms with Crippen molar-refractivity contribution in [1.29, 1.82) is 0 Å². The third-order valence-electron chi connectivity index (χ3n) is 3.25. The summed E-state index contributed by atoms with van der Waals surface area (Å²) in [7, 11) is 0. The highest BCUT2D eigenvalue weighted by Crippen LogP contribution is 2.28. The lowest BCUT2D eigenvalue weighted by atomic mass is 10.1. The first-order valence-corrected chi connectivity index (χ1v) is 7.16. The molecule has 3 N–H and O–H groups in total. The van der Waals surface area contributed by atoms with E-state index in [0.717, 1.165) is 25.7 Å². The quantitative estimate of drug-likeness (QED) is 0.661. The van der Waals surface area contributed by atoms with E-state index in [1.165, 1.54) is 0 Å². The van der Waals surface area contributed by atoms with Crippen molar-refractivity contribution in [1.82, 2.24) is 5.32 Å². The number of hydrogen-bond acceptors (Lipinski definition) is 4. The minimum absolute atomic E-state index is 0.00633. The molecule has 1 aromatic carbocycles. The first-order valence-electron chi connectivity index (χ1n) is 7.16. The third kappa shape index (κ3) is 4.46. The largest absolute Gasteiger partial charge is 0.482 e. The predicted molar refractivity (Wildman–Crippen MR) is 78.5 cm³/mol. The van der Waals surface area contributed by atoms with E-state index in [2.05, 4.69) is 10.6 Å². The van der Waals surface area contributed by atoms with Crippen molar-refractivity contribution in [3.8, 4) is 5.75 Å². The predicted octanol–water partition coefficient (Wildman–Crippen LogP) is 1.30. The number of carbonyl (C=O) groups is 2. The van der Waals surface area contributed by atoms with Gasteiger partial charge >= 0.3 is 0 Å². The third-order valence-corrected chi connectivity index (χ3v) is 3.25. The monoisotopic (exact) mass is 292 g/mol. The van der Waals surface area contributed by atoms with Crippen LogP contribution in [0.1, 0.15) is 36.0 Å². The maximum absolute atomic E-state index is 12.0. The Bertz CT molecular complexity index is 516. The molecule has 0 saturated heterocycles. The van der Waals surface area contributed by atoms with E-state index in [1.807, 2.05) is 0 Å². The summed E-state index contributed by atoms with van der Waals surface area (Å²) in [6.45, 7) is 0.825. The van der Waals surface area contributed by atoms with Crippen LogP contribution in [0.2, 0.25) is 0 Å². The van der Waals surface area contributed by atoms with Gasteiger partial charge in [0.05, 0.1) is 5.69 Å². The number of nitrogens with one attached hydrogen (secondary N) is 2. The number of fused-ring (bicyclic) bond motifs is 1. The Morgan fingerprint density at radius 1 is 1.29 bits per heavy atom. The fraction of sp³-hybridized carbons (Fsp3) is 0.467. The summed E-state index contributed by atoms with van der Waals surface area (Å²) in [5.41, 5.74) is 1.02. The molecule has 114 valence electrons. The van der Waals surface area contributed by atoms with Crippen LogP contribution in [-0.4, -0.2) is 36.7 Å². The van der Waals surface area contributed by atoms with Gasteiger partial charge in [-0.25, -0.2) is 0 Å². The van der Waals surface area contributed by atoms with Gasteiger partial charge in [-0.05, 0) is 31.0 Å². The van der Waals surface area contributed by atoms with Gasteiger partial charge in [0.2, 0.25) is 0 Å². The highest BCUT2D eigenvalue weighted by molar-refractivity contribution is 5.99. The van der Waals surface area contributed by atoms with Crippen LogP contribution in [0.5, 0.6) is 5.75 Å². The van der Waals surface area contributed by atoms with Crippen molar-refractivity contribution in [2.75, 3.05) is 25.1 Å². The Hall–Kier alpha value is -2.08. The number of amides is 2. The molecule has 2 rings (SSSR count). The van der Waals surface area contributed by atoms with Crippen LogP contribution in [0.25, 0.3) is 0 Å². The van der Waals surface area contributed by atoms with Crippen molar-refractivity contribution in [3.05, 3.63) is 23.8 Å². The normalized spacial score (nSPS) is 13.1. The van der Waals surface area contributed by atoms with Crippen LogP contribution in [0.4, 0.5) is 5.69 Å². The molecule has 6 heteroatoms. The minimum Gasteiger partial charge on any atom is -0.482 e. The molecule has 0 bridgehead atoms. The number of hydrogen-bond donors (Lipinski definition) is 3. The summed E-state index contributed by atoms with van der Waals surface area (Å²) >= 11 is 0. The smallest absolute Gasteiger partial charge is 0.262 e. The highest BCUT2D eigenvalue weighted by Gasteiger charge is 2.17. The Morgan fingerprint density at radius 3 is 2.90 bits per heavy atom. The van der Waals surface area contributed by atoms with E-state index in [4.69, 9.17) is 9.84 Å². The molecule has 0 fully saturated rings. The lowest BCUT2D eigenvalue weighted by Gasteiger charge is -2.18. The summed E-state index contributed by atoms with van der Waals surface area (Å²) in [5, 5.41) is 14.2. The topological polar surface area (TPSA) is 87.7 Å². The van der Waals surface area contributed by atoms with E-state index in [9.17, 15) is 9.59 Å². The highest BCUT2D eigenvalue weighted by atomic mass is 16.5. The van der Waals surface area contributed by atoms with E-state index < -0.39 is 0 Å². The van der Waals surface area contributed by atoms with Gasteiger partial charge < -0.3 is 20.5 Å². The van der Waals surface area contributed by atoms with Crippen molar-refractivity contribution in [3.63, 3.8) is 0 Å². The zero-order chi connectivity index (χ0) is 15.1. The van der Waals surface area contributed by atoms with Crippen molar-refractivity contribution in [2.24, 2.45) is 0 Å². The van der Waals surface area contributed by atoms with Gasteiger partial charge in [-0.2, -0.15) is 0 Å². The molecule has 1 heterocycles. The van der Waals surface area contributed by atoms with Crippen LogP contribution < -0.4 is 15.4 Å². The number of anilines is 1. The summed E-state index contributed by atoms with van der Waals surface area (Å²) in [6.07, 6.45) is 3.64. The second-order valence-corrected chi connectivity index (χ2v) is 4.94. The van der Waals surface area contributed by atoms with Gasteiger partial charge in [-0.1, -0.05) is 12.8 Å². The number of benzene rings is 1. The second kappa shape index (κ2) is 7.64. The zero-order valence-electron chi connectivity index (χ0n) is 11.9. The minimum atomic E-state index is -0.219. The van der Waals surface area contributed by atoms with E-state index >= 15 is 0 Å². The number of carbonyl (C=O) groups excluding carboxylic acids is 2. The molecule has 0 aliphatic carbocycles. The Labute approximate surface area is 123 Å². The lowest BCUT2D eigenvalue weighted by molar-refractivity contribution is -0.118. The van der Waals surface area contributed by atoms with Crippen molar-refractivity contribution < 1.29 is 19.4 Å². The molecular weight excluding hydrogens is 272 g/mol. The van der Waals surface area contributed by atoms with Gasteiger partial charge in [0.15, 0.2) is 6.61 Å². The van der Waals surface area contributed by atoms with Crippen LogP contribution in [0.3, 0.4) is 0 Å². The summed E-state index contributed by atoms with van der Waals surface area (Å²) < 4.78 is 5.24. The Balaban J connectivity index is 1.82. The van der Waals surface area contributed by atoms with Gasteiger partial charge in [-0.15, -0.1) is 0 Å². The first-order chi connectivity index (χ1) is 10.2. The molecule has 1 aliphatic rings. The SMILES string of the molecule is O=C1COc2ccc(C(=O)NCCCCCCO)cc2N1. The molecule has 0 radical (unpaired) electrons. The number of aliphatic hydroxyl groups is 1. The summed E-state index contributed by atoms with van der Waals surface area (Å²) in [6, 6.07) is 4.98. The second-order valence-electron chi connectivity index (χ2n) is 4.94. The van der Waals surface area contributed by atoms with E-state index in [-0.39, 0.29) is 25.0 Å². The molecule has 0 spiro atoms. The van der Waals surface area contributed by atoms with Gasteiger partial charge in [0.25, 0.3) is 11.8 Å². The number of ether oxygens (including phenoxy) is 1. The number of unbranched alkanes of at least 4 members (excludes halogenated alkanes) is 3. The Kier molecular flexibility index (Phi) is 5.57. The molecule has 0 saturated carbocycles. The summed E-state index contributed by atoms with van der Waals surface area (Å²) in [4.78, 5) is 23.2. The van der Waals surface area contributed by atoms with E-state index in [1.54, 1.807) is 18.2 Å². The van der Waals surface area contributed by atoms with Crippen molar-refractivity contribution in [2.45, 2.75) is 25.7 Å². The standard InChI is InChI=1S/C15H20N2O4/c18-8-4-2-1-3-7-16-15(20)11-5-6-13-12(9-11)17-14(19)10-21-13/h5-6,9,18H,1-4,7-8,10H2,(H,16,20)(H,17,19). The zero-order valence-corrected chi connectivity index (χ0v) is 11.9. The molecule has 1 aliphatic heterocycles. The van der Waals surface area contributed by atoms with Crippen molar-refractivity contribution >= 4 is 17.5 Å². The average molecular weight is 292 g/mol. The molecule has 6 nitrogen and oxygen atoms in total. The van der Waals surface area contributed by atoms with Gasteiger partial charge in [0.1, 0.15) is 5.75 Å². The molecule has 1 aromatic rings. The van der Waals surface area contributed by atoms with Crippen LogP contribution in [0.15, 0.2) is 18.2 Å². The Morgan fingerprint density at radius 2 is 2.10 bits per heavy atom. The molecular formula is C15H20N2O4. The maximum Gasteiger partial charge on any atom is 0.262 e. The van der Waals surface area contributed by atoms with Gasteiger partial charge in [0, 0.05) is 18.7 Å². The fourth-order valence-corrected chi connectivity index (χ4v) is 2.12. The lowest BCUT2D eigenvalue weighted by Crippen LogP contribution is -2.27. The molecule has 0 unspecified atom stereocenters. The first kappa shape index (κ1) is 15.3. The maximum atomic E-state index is 12.0. The fourth-order valence-electron chi connectivity index (χ4n) is 2.12.